The normalized spacial score (nSPS) is 31.8. The molecule has 0 spiro atoms. The van der Waals surface area contributed by atoms with Crippen LogP contribution < -0.4 is 10.1 Å². The molecule has 2 aliphatic carbocycles. The molecule has 2 saturated heterocycles. The Bertz CT molecular complexity index is 616. The molecule has 2 unspecified atom stereocenters. The zero-order chi connectivity index (χ0) is 16.7. The molecule has 4 bridgehead atoms. The van der Waals surface area contributed by atoms with Crippen molar-refractivity contribution < 1.29 is 9.53 Å². The summed E-state index contributed by atoms with van der Waals surface area (Å²) >= 11 is 0. The van der Waals surface area contributed by atoms with Crippen LogP contribution >= 0.6 is 0 Å². The van der Waals surface area contributed by atoms with E-state index in [9.17, 15) is 4.79 Å². The predicted octanol–water partition coefficient (Wildman–Crippen LogP) is 3.45. The van der Waals surface area contributed by atoms with Crippen LogP contribution in [0.15, 0.2) is 18.2 Å². The number of nitrogens with zero attached hydrogens (tertiary/aromatic N) is 1. The van der Waals surface area contributed by atoms with Gasteiger partial charge >= 0.3 is 0 Å². The van der Waals surface area contributed by atoms with Gasteiger partial charge in [-0.1, -0.05) is 6.07 Å². The summed E-state index contributed by atoms with van der Waals surface area (Å²) in [5.74, 6) is 3.45. The van der Waals surface area contributed by atoms with Gasteiger partial charge in [0.25, 0.3) is 0 Å². The molecular formula is C20H28N2O2. The summed E-state index contributed by atoms with van der Waals surface area (Å²) in [6, 6.07) is 6.51. The zero-order valence-corrected chi connectivity index (χ0v) is 14.8. The van der Waals surface area contributed by atoms with E-state index in [1.165, 1.54) is 32.1 Å². The number of aryl methyl sites for hydroxylation is 1. The Hall–Kier alpha value is -1.55. The minimum Gasteiger partial charge on any atom is -0.495 e. The molecule has 1 aromatic carbocycles. The van der Waals surface area contributed by atoms with E-state index in [2.05, 4.69) is 10.2 Å². The summed E-state index contributed by atoms with van der Waals surface area (Å²) < 4.78 is 5.37. The van der Waals surface area contributed by atoms with Crippen molar-refractivity contribution in [2.24, 2.45) is 17.8 Å². The number of nitrogens with one attached hydrogen (secondary N) is 1. The van der Waals surface area contributed by atoms with Crippen LogP contribution in [-0.4, -0.2) is 37.0 Å². The Morgan fingerprint density at radius 3 is 2.58 bits per heavy atom. The standard InChI is InChI=1S/C20H28N2O2/c1-13-3-4-19(24-2)18(5-13)21-20(23)12-22-11-16-7-14-6-15(8-16)10-17(22)9-14/h3-5,14-17H,6-12H2,1-2H3,(H,21,23). The van der Waals surface area contributed by atoms with Crippen LogP contribution in [-0.2, 0) is 4.79 Å². The van der Waals surface area contributed by atoms with Crippen LogP contribution in [0.2, 0.25) is 0 Å². The third-order valence-corrected chi connectivity index (χ3v) is 6.20. The number of amides is 1. The van der Waals surface area contributed by atoms with Gasteiger partial charge in [-0.15, -0.1) is 0 Å². The molecule has 1 aromatic rings. The molecule has 4 nitrogen and oxygen atoms in total. The number of ether oxygens (including phenoxy) is 1. The van der Waals surface area contributed by atoms with Gasteiger partial charge in [0.05, 0.1) is 19.3 Å². The lowest BCUT2D eigenvalue weighted by molar-refractivity contribution is -0.118. The molecular weight excluding hydrogens is 300 g/mol. The Morgan fingerprint density at radius 2 is 1.88 bits per heavy atom. The molecule has 0 aromatic heterocycles. The van der Waals surface area contributed by atoms with Gasteiger partial charge in [-0.3, -0.25) is 9.69 Å². The largest absolute Gasteiger partial charge is 0.495 e. The third kappa shape index (κ3) is 3.16. The van der Waals surface area contributed by atoms with Gasteiger partial charge in [0.2, 0.25) is 5.91 Å². The van der Waals surface area contributed by atoms with E-state index in [1.54, 1.807) is 7.11 Å². The lowest BCUT2D eigenvalue weighted by atomic mass is 9.68. The number of hydrogen-bond acceptors (Lipinski definition) is 3. The first kappa shape index (κ1) is 15.9. The highest BCUT2D eigenvalue weighted by Gasteiger charge is 2.42. The molecule has 24 heavy (non-hydrogen) atoms. The van der Waals surface area contributed by atoms with Crippen molar-refractivity contribution in [3.8, 4) is 5.75 Å². The highest BCUT2D eigenvalue weighted by molar-refractivity contribution is 5.93. The summed E-state index contributed by atoms with van der Waals surface area (Å²) in [6.07, 6.45) is 6.81. The van der Waals surface area contributed by atoms with E-state index < -0.39 is 0 Å². The fourth-order valence-electron chi connectivity index (χ4n) is 5.37. The Labute approximate surface area is 144 Å². The molecule has 1 amide bonds. The maximum atomic E-state index is 12.6. The van der Waals surface area contributed by atoms with E-state index in [1.807, 2.05) is 25.1 Å². The lowest BCUT2D eigenvalue weighted by Gasteiger charge is -2.39. The minimum absolute atomic E-state index is 0.0834. The number of methoxy groups -OCH3 is 1. The third-order valence-electron chi connectivity index (χ3n) is 6.20. The summed E-state index contributed by atoms with van der Waals surface area (Å²) in [5, 5.41) is 3.07. The van der Waals surface area contributed by atoms with E-state index in [-0.39, 0.29) is 5.91 Å². The number of benzene rings is 1. The summed E-state index contributed by atoms with van der Waals surface area (Å²) in [5.41, 5.74) is 1.90. The molecule has 2 saturated carbocycles. The van der Waals surface area contributed by atoms with E-state index >= 15 is 0 Å². The van der Waals surface area contributed by atoms with Crippen molar-refractivity contribution in [2.75, 3.05) is 25.5 Å². The number of carbonyl (C=O) groups excluding carboxylic acids is 1. The van der Waals surface area contributed by atoms with Crippen LogP contribution in [0.25, 0.3) is 0 Å². The Balaban J connectivity index is 1.44. The Morgan fingerprint density at radius 1 is 1.17 bits per heavy atom. The van der Waals surface area contributed by atoms with Crippen LogP contribution in [0.4, 0.5) is 5.69 Å². The zero-order valence-electron chi connectivity index (χ0n) is 14.8. The lowest BCUT2D eigenvalue weighted by Crippen LogP contribution is -2.42. The van der Waals surface area contributed by atoms with Crippen LogP contribution in [0.5, 0.6) is 5.75 Å². The number of rotatable bonds is 4. The smallest absolute Gasteiger partial charge is 0.238 e. The molecule has 5 rings (SSSR count). The Kier molecular flexibility index (Phi) is 4.25. The van der Waals surface area contributed by atoms with Crippen molar-refractivity contribution in [3.63, 3.8) is 0 Å². The number of carbonyl (C=O) groups is 1. The average Bonchev–Trinajstić information content (AvgIpc) is 2.71. The quantitative estimate of drug-likeness (QED) is 0.920. The predicted molar refractivity (Wildman–Crippen MR) is 95.3 cm³/mol. The second-order valence-corrected chi connectivity index (χ2v) is 8.11. The van der Waals surface area contributed by atoms with Gasteiger partial charge in [-0.05, 0) is 74.5 Å². The molecule has 4 fully saturated rings. The summed E-state index contributed by atoms with van der Waals surface area (Å²) in [6.45, 7) is 3.65. The van der Waals surface area contributed by atoms with Crippen molar-refractivity contribution in [1.82, 2.24) is 4.90 Å². The minimum atomic E-state index is 0.0834. The molecule has 2 aliphatic heterocycles. The molecule has 1 N–H and O–H groups in total. The van der Waals surface area contributed by atoms with Crippen molar-refractivity contribution in [3.05, 3.63) is 23.8 Å². The topological polar surface area (TPSA) is 41.6 Å². The summed E-state index contributed by atoms with van der Waals surface area (Å²) in [4.78, 5) is 15.1. The van der Waals surface area contributed by atoms with Crippen LogP contribution in [0, 0.1) is 24.7 Å². The first-order valence-corrected chi connectivity index (χ1v) is 9.29. The maximum absolute atomic E-state index is 12.6. The van der Waals surface area contributed by atoms with E-state index in [0.717, 1.165) is 41.3 Å². The van der Waals surface area contributed by atoms with Crippen LogP contribution in [0.3, 0.4) is 0 Å². The van der Waals surface area contributed by atoms with Gasteiger partial charge in [-0.25, -0.2) is 0 Å². The van der Waals surface area contributed by atoms with Crippen molar-refractivity contribution >= 4 is 11.6 Å². The summed E-state index contributed by atoms with van der Waals surface area (Å²) in [7, 11) is 1.64. The van der Waals surface area contributed by atoms with Gasteiger partial charge in [0, 0.05) is 12.6 Å². The molecule has 2 heterocycles. The second kappa shape index (κ2) is 6.40. The van der Waals surface area contributed by atoms with E-state index in [0.29, 0.717) is 12.6 Å². The first-order valence-electron chi connectivity index (χ1n) is 9.29. The van der Waals surface area contributed by atoms with E-state index in [4.69, 9.17) is 4.74 Å². The number of hydrogen-bond donors (Lipinski definition) is 1. The second-order valence-electron chi connectivity index (χ2n) is 8.11. The maximum Gasteiger partial charge on any atom is 0.238 e. The monoisotopic (exact) mass is 328 g/mol. The van der Waals surface area contributed by atoms with Crippen LogP contribution in [0.1, 0.15) is 37.7 Å². The highest BCUT2D eigenvalue weighted by atomic mass is 16.5. The molecule has 0 radical (unpaired) electrons. The van der Waals surface area contributed by atoms with Gasteiger partial charge in [0.15, 0.2) is 0 Å². The molecule has 130 valence electrons. The number of anilines is 1. The highest BCUT2D eigenvalue weighted by Crippen LogP contribution is 2.47. The molecule has 2 atom stereocenters. The molecule has 4 aliphatic rings. The molecule has 4 heteroatoms. The first-order chi connectivity index (χ1) is 11.6. The van der Waals surface area contributed by atoms with Gasteiger partial charge in [0.1, 0.15) is 5.75 Å². The van der Waals surface area contributed by atoms with Crippen molar-refractivity contribution in [1.29, 1.82) is 0 Å². The SMILES string of the molecule is COc1ccc(C)cc1NC(=O)CN1CC2CC3CC(C2)CC1C3. The van der Waals surface area contributed by atoms with Gasteiger partial charge in [-0.2, -0.15) is 0 Å². The fourth-order valence-corrected chi connectivity index (χ4v) is 5.37. The fraction of sp³-hybridized carbons (Fsp3) is 0.650. The van der Waals surface area contributed by atoms with Crippen molar-refractivity contribution in [2.45, 2.75) is 45.1 Å². The number of fused-ring (bicyclic) bond motifs is 1. The average molecular weight is 328 g/mol. The van der Waals surface area contributed by atoms with Gasteiger partial charge < -0.3 is 10.1 Å².